The zero-order valence-electron chi connectivity index (χ0n) is 9.51. The fourth-order valence-electron chi connectivity index (χ4n) is 1.18. The van der Waals surface area contributed by atoms with E-state index >= 15 is 0 Å². The van der Waals surface area contributed by atoms with Crippen LogP contribution in [-0.4, -0.2) is 32.4 Å². The lowest BCUT2D eigenvalue weighted by Gasteiger charge is -2.05. The molecule has 0 bridgehead atoms. The lowest BCUT2D eigenvalue weighted by Crippen LogP contribution is -2.29. The predicted octanol–water partition coefficient (Wildman–Crippen LogP) is 1.14. The Morgan fingerprint density at radius 1 is 1.29 bits per heavy atom. The number of amides is 1. The van der Waals surface area contributed by atoms with Gasteiger partial charge in [0.15, 0.2) is 9.84 Å². The van der Waals surface area contributed by atoms with Gasteiger partial charge in [0.25, 0.3) is 5.91 Å². The fourth-order valence-corrected chi connectivity index (χ4v) is 2.03. The molecule has 0 aliphatic rings. The Labute approximate surface area is 107 Å². The van der Waals surface area contributed by atoms with Crippen molar-refractivity contribution >= 4 is 28.4 Å². The summed E-state index contributed by atoms with van der Waals surface area (Å²) in [6.07, 6.45) is 0. The zero-order valence-corrected chi connectivity index (χ0v) is 11.2. The number of benzene rings is 1. The second-order valence-corrected chi connectivity index (χ2v) is 6.53. The monoisotopic (exact) mass is 273 g/mol. The van der Waals surface area contributed by atoms with Crippen molar-refractivity contribution in [1.29, 1.82) is 0 Å². The van der Waals surface area contributed by atoms with Crippen LogP contribution in [0.2, 0.25) is 0 Å². The summed E-state index contributed by atoms with van der Waals surface area (Å²) in [4.78, 5) is 12.4. The van der Waals surface area contributed by atoms with Gasteiger partial charge in [-0.2, -0.15) is 0 Å². The van der Waals surface area contributed by atoms with Gasteiger partial charge >= 0.3 is 0 Å². The molecule has 0 saturated heterocycles. The Balaban J connectivity index is 2.48. The summed E-state index contributed by atoms with van der Waals surface area (Å²) in [6, 6.07) is 6.71. The number of hydrogen-bond acceptors (Lipinski definition) is 4. The Hall–Kier alpha value is -1.01. The summed E-state index contributed by atoms with van der Waals surface area (Å²) in [6.45, 7) is 1.72. The first-order valence-corrected chi connectivity index (χ1v) is 7.49. The van der Waals surface area contributed by atoms with Crippen LogP contribution in [0.4, 0.5) is 0 Å². The van der Waals surface area contributed by atoms with Gasteiger partial charge in [-0.25, -0.2) is 8.42 Å². The Bertz CT molecular complexity index is 480. The molecule has 0 atom stereocenters. The van der Waals surface area contributed by atoms with Crippen molar-refractivity contribution in [2.45, 2.75) is 11.8 Å². The van der Waals surface area contributed by atoms with E-state index in [-0.39, 0.29) is 24.0 Å². The van der Waals surface area contributed by atoms with Crippen molar-refractivity contribution in [1.82, 2.24) is 5.32 Å². The largest absolute Gasteiger partial charge is 0.351 e. The maximum atomic E-state index is 11.6. The van der Waals surface area contributed by atoms with E-state index in [0.29, 0.717) is 5.56 Å². The number of carbonyl (C=O) groups excluding carboxylic acids is 1. The number of carbonyl (C=O) groups is 1. The van der Waals surface area contributed by atoms with Gasteiger partial charge in [-0.15, -0.1) is 12.6 Å². The van der Waals surface area contributed by atoms with E-state index < -0.39 is 9.84 Å². The van der Waals surface area contributed by atoms with E-state index in [1.807, 2.05) is 0 Å². The average molecular weight is 273 g/mol. The van der Waals surface area contributed by atoms with E-state index in [0.717, 1.165) is 4.90 Å². The van der Waals surface area contributed by atoms with Crippen LogP contribution in [0.15, 0.2) is 29.2 Å². The first-order valence-electron chi connectivity index (χ1n) is 5.22. The van der Waals surface area contributed by atoms with Gasteiger partial charge in [0.2, 0.25) is 0 Å². The highest BCUT2D eigenvalue weighted by molar-refractivity contribution is 7.91. The minimum absolute atomic E-state index is 0.0279. The van der Waals surface area contributed by atoms with Crippen molar-refractivity contribution in [2.24, 2.45) is 0 Å². The second-order valence-electron chi connectivity index (χ2n) is 3.54. The van der Waals surface area contributed by atoms with Gasteiger partial charge in [-0.3, -0.25) is 4.79 Å². The molecule has 0 fully saturated rings. The van der Waals surface area contributed by atoms with Gasteiger partial charge < -0.3 is 5.32 Å². The van der Waals surface area contributed by atoms with E-state index in [9.17, 15) is 13.2 Å². The molecule has 1 aromatic carbocycles. The molecule has 0 saturated carbocycles. The maximum absolute atomic E-state index is 11.6. The van der Waals surface area contributed by atoms with Crippen LogP contribution in [0.5, 0.6) is 0 Å². The molecule has 6 heteroatoms. The topological polar surface area (TPSA) is 63.2 Å². The summed E-state index contributed by atoms with van der Waals surface area (Å²) < 4.78 is 22.4. The summed E-state index contributed by atoms with van der Waals surface area (Å²) in [5.74, 6) is -0.207. The molecule has 94 valence electrons. The lowest BCUT2D eigenvalue weighted by molar-refractivity contribution is 0.0956. The molecule has 1 aromatic rings. The zero-order chi connectivity index (χ0) is 12.9. The first-order chi connectivity index (χ1) is 7.94. The van der Waals surface area contributed by atoms with Gasteiger partial charge in [-0.05, 0) is 24.3 Å². The highest BCUT2D eigenvalue weighted by atomic mass is 32.2. The van der Waals surface area contributed by atoms with E-state index in [1.165, 1.54) is 0 Å². The summed E-state index contributed by atoms with van der Waals surface area (Å²) in [5, 5.41) is 2.57. The maximum Gasteiger partial charge on any atom is 0.251 e. The normalized spacial score (nSPS) is 11.2. The highest BCUT2D eigenvalue weighted by Gasteiger charge is 2.09. The Morgan fingerprint density at radius 2 is 1.88 bits per heavy atom. The minimum atomic E-state index is -3.03. The van der Waals surface area contributed by atoms with Crippen molar-refractivity contribution in [2.75, 3.05) is 18.1 Å². The van der Waals surface area contributed by atoms with Gasteiger partial charge in [0.1, 0.15) is 0 Å². The third-order valence-electron chi connectivity index (χ3n) is 2.27. The minimum Gasteiger partial charge on any atom is -0.351 e. The van der Waals surface area contributed by atoms with Crippen LogP contribution < -0.4 is 5.32 Å². The highest BCUT2D eigenvalue weighted by Crippen LogP contribution is 2.07. The quantitative estimate of drug-likeness (QED) is 0.791. The van der Waals surface area contributed by atoms with Crippen LogP contribution in [0.25, 0.3) is 0 Å². The third kappa shape index (κ3) is 4.79. The van der Waals surface area contributed by atoms with Crippen LogP contribution in [-0.2, 0) is 9.84 Å². The van der Waals surface area contributed by atoms with E-state index in [4.69, 9.17) is 0 Å². The molecule has 0 radical (unpaired) electrons. The van der Waals surface area contributed by atoms with Crippen molar-refractivity contribution in [3.05, 3.63) is 29.8 Å². The van der Waals surface area contributed by atoms with Gasteiger partial charge in [0.05, 0.1) is 5.75 Å². The third-order valence-corrected chi connectivity index (χ3v) is 4.27. The fraction of sp³-hybridized carbons (Fsp3) is 0.364. The molecule has 0 heterocycles. The Morgan fingerprint density at radius 3 is 2.41 bits per heavy atom. The summed E-state index contributed by atoms with van der Waals surface area (Å²) in [7, 11) is -3.03. The number of nitrogens with one attached hydrogen (secondary N) is 1. The van der Waals surface area contributed by atoms with Crippen molar-refractivity contribution < 1.29 is 13.2 Å². The molecule has 0 aromatic heterocycles. The van der Waals surface area contributed by atoms with Gasteiger partial charge in [-0.1, -0.05) is 6.92 Å². The standard InChI is InChI=1S/C11H15NO3S2/c1-2-17(14,15)8-7-12-11(13)9-3-5-10(16)6-4-9/h3-6,16H,2,7-8H2,1H3,(H,12,13). The molecule has 0 aliphatic carbocycles. The van der Waals surface area contributed by atoms with Crippen molar-refractivity contribution in [3.8, 4) is 0 Å². The van der Waals surface area contributed by atoms with Crippen molar-refractivity contribution in [3.63, 3.8) is 0 Å². The van der Waals surface area contributed by atoms with Crippen LogP contribution in [0, 0.1) is 0 Å². The van der Waals surface area contributed by atoms with Crippen LogP contribution >= 0.6 is 12.6 Å². The molecule has 0 aliphatic heterocycles. The number of thiol groups is 1. The second kappa shape index (κ2) is 6.07. The van der Waals surface area contributed by atoms with Crippen LogP contribution in [0.3, 0.4) is 0 Å². The SMILES string of the molecule is CCS(=O)(=O)CCNC(=O)c1ccc(S)cc1. The number of rotatable bonds is 5. The molecule has 0 unspecified atom stereocenters. The number of sulfone groups is 1. The molecule has 1 amide bonds. The molecular weight excluding hydrogens is 258 g/mol. The molecule has 1 rings (SSSR count). The molecule has 17 heavy (non-hydrogen) atoms. The van der Waals surface area contributed by atoms with E-state index in [2.05, 4.69) is 17.9 Å². The molecule has 0 spiro atoms. The summed E-state index contributed by atoms with van der Waals surface area (Å²) in [5.41, 5.74) is 0.497. The smallest absolute Gasteiger partial charge is 0.251 e. The molecule has 4 nitrogen and oxygen atoms in total. The van der Waals surface area contributed by atoms with Crippen LogP contribution in [0.1, 0.15) is 17.3 Å². The Kier molecular flexibility index (Phi) is 5.02. The summed E-state index contributed by atoms with van der Waals surface area (Å²) >= 11 is 4.11. The molecular formula is C11H15NO3S2. The van der Waals surface area contributed by atoms with E-state index in [1.54, 1.807) is 31.2 Å². The average Bonchev–Trinajstić information content (AvgIpc) is 2.29. The first kappa shape index (κ1) is 14.1. The molecule has 1 N–H and O–H groups in total. The number of hydrogen-bond donors (Lipinski definition) is 2. The predicted molar refractivity (Wildman–Crippen MR) is 70.4 cm³/mol. The lowest BCUT2D eigenvalue weighted by atomic mass is 10.2. The van der Waals surface area contributed by atoms with Gasteiger partial charge in [0, 0.05) is 22.8 Å².